The van der Waals surface area contributed by atoms with Crippen LogP contribution in [0.1, 0.15) is 11.1 Å². The van der Waals surface area contributed by atoms with Crippen molar-refractivity contribution >= 4 is 46.6 Å². The smallest absolute Gasteiger partial charge is 0.343 e. The summed E-state index contributed by atoms with van der Waals surface area (Å²) in [5, 5.41) is 0. The molecular weight excluding hydrogens is 426 g/mol. The number of fused-ring (bicyclic) bond motifs is 2. The molecule has 158 valence electrons. The molecule has 0 amide bonds. The first-order valence-electron chi connectivity index (χ1n) is 10.7. The van der Waals surface area contributed by atoms with E-state index in [4.69, 9.17) is 4.74 Å². The molecule has 0 saturated heterocycles. The van der Waals surface area contributed by atoms with Crippen LogP contribution in [-0.4, -0.2) is 5.97 Å². The topological polar surface area (TPSA) is 29.5 Å². The highest BCUT2D eigenvalue weighted by molar-refractivity contribution is 7.99. The van der Waals surface area contributed by atoms with Crippen LogP contribution >= 0.6 is 11.8 Å². The monoisotopic (exact) mass is 445 g/mol. The molecule has 0 fully saturated rings. The third-order valence-corrected chi connectivity index (χ3v) is 6.82. The Kier molecular flexibility index (Phi) is 4.85. The third-order valence-electron chi connectivity index (χ3n) is 5.69. The number of esters is 1. The number of hydrogen-bond donors (Lipinski definition) is 0. The molecule has 3 nitrogen and oxygen atoms in total. The van der Waals surface area contributed by atoms with Gasteiger partial charge in [0.05, 0.1) is 16.9 Å². The fraction of sp³-hybridized carbons (Fsp3) is 0. The van der Waals surface area contributed by atoms with E-state index < -0.39 is 0 Å². The predicted octanol–water partition coefficient (Wildman–Crippen LogP) is 7.60. The van der Waals surface area contributed by atoms with Crippen LogP contribution in [0.3, 0.4) is 0 Å². The first-order chi connectivity index (χ1) is 16.3. The summed E-state index contributed by atoms with van der Waals surface area (Å²) in [5.74, 6) is 0.261. The Bertz CT molecular complexity index is 1380. The van der Waals surface area contributed by atoms with Crippen LogP contribution in [-0.2, 0) is 9.53 Å². The van der Waals surface area contributed by atoms with E-state index in [0.717, 1.165) is 16.8 Å². The van der Waals surface area contributed by atoms with E-state index in [2.05, 4.69) is 65.6 Å². The fourth-order valence-corrected chi connectivity index (χ4v) is 5.17. The molecule has 0 aromatic heterocycles. The maximum Gasteiger partial charge on any atom is 0.343 e. The van der Waals surface area contributed by atoms with Crippen LogP contribution in [0.2, 0.25) is 0 Å². The lowest BCUT2D eigenvalue weighted by Crippen LogP contribution is -2.14. The van der Waals surface area contributed by atoms with Crippen molar-refractivity contribution < 1.29 is 9.53 Å². The zero-order chi connectivity index (χ0) is 22.2. The molecular formula is C29H19NO2S. The van der Waals surface area contributed by atoms with Gasteiger partial charge in [0, 0.05) is 21.0 Å². The molecule has 2 heterocycles. The molecule has 2 aliphatic heterocycles. The van der Waals surface area contributed by atoms with Gasteiger partial charge in [-0.05, 0) is 54.1 Å². The van der Waals surface area contributed by atoms with Gasteiger partial charge in [-0.3, -0.25) is 0 Å². The Morgan fingerprint density at radius 3 is 1.97 bits per heavy atom. The summed E-state index contributed by atoms with van der Waals surface area (Å²) in [6.07, 6.45) is 3.68. The second kappa shape index (κ2) is 8.15. The average Bonchev–Trinajstić information content (AvgIpc) is 3.23. The Morgan fingerprint density at radius 2 is 1.30 bits per heavy atom. The number of benzene rings is 4. The lowest BCUT2D eigenvalue weighted by atomic mass is 10.1. The lowest BCUT2D eigenvalue weighted by molar-refractivity contribution is -0.130. The van der Waals surface area contributed by atoms with Crippen molar-refractivity contribution in [2.45, 2.75) is 9.79 Å². The van der Waals surface area contributed by atoms with Gasteiger partial charge in [-0.25, -0.2) is 4.79 Å². The Labute approximate surface area is 196 Å². The number of para-hydroxylation sites is 2. The summed E-state index contributed by atoms with van der Waals surface area (Å²) in [6.45, 7) is 0. The number of rotatable bonds is 3. The summed E-state index contributed by atoms with van der Waals surface area (Å²) in [5.41, 5.74) is 5.80. The van der Waals surface area contributed by atoms with Gasteiger partial charge in [0.2, 0.25) is 0 Å². The van der Waals surface area contributed by atoms with E-state index in [-0.39, 0.29) is 5.97 Å². The van der Waals surface area contributed by atoms with Crippen molar-refractivity contribution in [1.29, 1.82) is 0 Å². The van der Waals surface area contributed by atoms with Crippen molar-refractivity contribution in [3.63, 3.8) is 0 Å². The van der Waals surface area contributed by atoms with Gasteiger partial charge in [-0.2, -0.15) is 0 Å². The highest BCUT2D eigenvalue weighted by atomic mass is 32.2. The molecule has 0 atom stereocenters. The first-order valence-corrected chi connectivity index (χ1v) is 11.5. The Balaban J connectivity index is 1.34. The van der Waals surface area contributed by atoms with E-state index in [1.807, 2.05) is 48.5 Å². The Morgan fingerprint density at radius 1 is 0.697 bits per heavy atom. The fourth-order valence-electron chi connectivity index (χ4n) is 4.12. The number of carbonyl (C=O) groups is 1. The number of carbonyl (C=O) groups excluding carboxylic acids is 1. The van der Waals surface area contributed by atoms with Gasteiger partial charge in [-0.15, -0.1) is 0 Å². The maximum atomic E-state index is 12.4. The van der Waals surface area contributed by atoms with Crippen LogP contribution in [0.4, 0.5) is 17.1 Å². The third kappa shape index (κ3) is 3.65. The summed E-state index contributed by atoms with van der Waals surface area (Å²) in [6, 6.07) is 34.8. The van der Waals surface area contributed by atoms with E-state index >= 15 is 0 Å². The Hall–Kier alpha value is -4.02. The van der Waals surface area contributed by atoms with Crippen molar-refractivity contribution in [2.75, 3.05) is 4.90 Å². The molecule has 6 rings (SSSR count). The van der Waals surface area contributed by atoms with E-state index in [1.54, 1.807) is 17.8 Å². The zero-order valence-corrected chi connectivity index (χ0v) is 18.5. The molecule has 0 spiro atoms. The largest absolute Gasteiger partial charge is 0.422 e. The summed E-state index contributed by atoms with van der Waals surface area (Å²) in [7, 11) is 0. The van der Waals surface area contributed by atoms with Crippen molar-refractivity contribution in [1.82, 2.24) is 0 Å². The molecule has 4 aromatic carbocycles. The molecule has 4 aromatic rings. The van der Waals surface area contributed by atoms with Gasteiger partial charge in [0.25, 0.3) is 0 Å². The minimum atomic E-state index is -0.325. The van der Waals surface area contributed by atoms with Crippen molar-refractivity contribution in [2.24, 2.45) is 0 Å². The van der Waals surface area contributed by atoms with Gasteiger partial charge in [-0.1, -0.05) is 78.5 Å². The molecule has 0 bridgehead atoms. The molecule has 4 heteroatoms. The SMILES string of the molecule is O=C1OC(c2ccccc2)=CC1=Cc1ccc(N2c3ccccc3Sc3ccccc32)cc1. The standard InChI is InChI=1S/C29H19NO2S/c31-29-22(19-26(32-29)21-8-2-1-3-9-21)18-20-14-16-23(17-15-20)30-24-10-4-6-12-27(24)33-28-13-7-5-11-25(28)30/h1-19H. The highest BCUT2D eigenvalue weighted by Crippen LogP contribution is 2.51. The van der Waals surface area contributed by atoms with Gasteiger partial charge in [0.1, 0.15) is 5.76 Å². The molecule has 0 N–H and O–H groups in total. The molecule has 33 heavy (non-hydrogen) atoms. The molecule has 0 aliphatic carbocycles. The average molecular weight is 446 g/mol. The molecule has 0 saturated carbocycles. The summed E-state index contributed by atoms with van der Waals surface area (Å²) in [4.78, 5) is 17.1. The first kappa shape index (κ1) is 19.6. The summed E-state index contributed by atoms with van der Waals surface area (Å²) >= 11 is 1.79. The van der Waals surface area contributed by atoms with Crippen LogP contribution < -0.4 is 4.90 Å². The molecule has 0 radical (unpaired) electrons. The van der Waals surface area contributed by atoms with Crippen LogP contribution in [0.5, 0.6) is 0 Å². The lowest BCUT2D eigenvalue weighted by Gasteiger charge is -2.32. The second-order valence-corrected chi connectivity index (χ2v) is 8.91. The minimum absolute atomic E-state index is 0.325. The molecule has 0 unspecified atom stereocenters. The van der Waals surface area contributed by atoms with E-state index in [9.17, 15) is 4.79 Å². The quantitative estimate of drug-likeness (QED) is 0.211. The van der Waals surface area contributed by atoms with Gasteiger partial charge < -0.3 is 9.64 Å². The zero-order valence-electron chi connectivity index (χ0n) is 17.6. The minimum Gasteiger partial charge on any atom is -0.422 e. The number of nitrogens with zero attached hydrogens (tertiary/aromatic N) is 1. The molecule has 2 aliphatic rings. The van der Waals surface area contributed by atoms with Gasteiger partial charge >= 0.3 is 5.97 Å². The van der Waals surface area contributed by atoms with Crippen molar-refractivity contribution in [3.05, 3.63) is 126 Å². The highest BCUT2D eigenvalue weighted by Gasteiger charge is 2.24. The van der Waals surface area contributed by atoms with E-state index in [0.29, 0.717) is 11.3 Å². The van der Waals surface area contributed by atoms with E-state index in [1.165, 1.54) is 21.2 Å². The van der Waals surface area contributed by atoms with Crippen LogP contribution in [0.15, 0.2) is 125 Å². The number of ether oxygens (including phenoxy) is 1. The maximum absolute atomic E-state index is 12.4. The van der Waals surface area contributed by atoms with Crippen molar-refractivity contribution in [3.8, 4) is 0 Å². The summed E-state index contributed by atoms with van der Waals surface area (Å²) < 4.78 is 5.47. The second-order valence-electron chi connectivity index (χ2n) is 7.83. The number of hydrogen-bond acceptors (Lipinski definition) is 4. The van der Waals surface area contributed by atoms with Crippen LogP contribution in [0, 0.1) is 0 Å². The normalized spacial score (nSPS) is 15.6. The number of anilines is 3. The number of cyclic esters (lactones) is 1. The van der Waals surface area contributed by atoms with Crippen LogP contribution in [0.25, 0.3) is 11.8 Å². The predicted molar refractivity (Wildman–Crippen MR) is 134 cm³/mol. The van der Waals surface area contributed by atoms with Gasteiger partial charge in [0.15, 0.2) is 0 Å².